The van der Waals surface area contributed by atoms with Gasteiger partial charge in [0.15, 0.2) is 0 Å². The van der Waals surface area contributed by atoms with E-state index in [0.717, 1.165) is 56.6 Å². The largest absolute Gasteiger partial charge is 0.444 e. The first kappa shape index (κ1) is 17.3. The molecule has 0 atom stereocenters. The van der Waals surface area contributed by atoms with E-state index >= 15 is 0 Å². The Morgan fingerprint density at radius 1 is 1.23 bits per heavy atom. The molecule has 1 saturated carbocycles. The Kier molecular flexibility index (Phi) is 4.81. The maximum atomic E-state index is 11.9. The van der Waals surface area contributed by atoms with Gasteiger partial charge >= 0.3 is 0 Å². The fraction of sp³-hybridized carbons (Fsp3) is 0.524. The summed E-state index contributed by atoms with van der Waals surface area (Å²) in [6, 6.07) is 6.66. The number of amides is 1. The number of aromatic nitrogens is 1. The van der Waals surface area contributed by atoms with Gasteiger partial charge in [0.1, 0.15) is 6.26 Å². The number of benzene rings is 1. The topological polar surface area (TPSA) is 58.4 Å². The van der Waals surface area contributed by atoms with E-state index in [-0.39, 0.29) is 5.91 Å². The highest BCUT2D eigenvalue weighted by atomic mass is 16.3. The number of hydrogen-bond acceptors (Lipinski definition) is 4. The highest BCUT2D eigenvalue weighted by Crippen LogP contribution is 2.29. The predicted molar refractivity (Wildman–Crippen MR) is 101 cm³/mol. The zero-order chi connectivity index (χ0) is 18.1. The van der Waals surface area contributed by atoms with Crippen molar-refractivity contribution < 1.29 is 9.21 Å². The molecule has 1 amide bonds. The van der Waals surface area contributed by atoms with Gasteiger partial charge in [0.05, 0.1) is 5.69 Å². The lowest BCUT2D eigenvalue weighted by Gasteiger charge is -2.31. The summed E-state index contributed by atoms with van der Waals surface area (Å²) in [7, 11) is 0. The monoisotopic (exact) mass is 353 g/mol. The normalized spacial score (nSPS) is 18.8. The van der Waals surface area contributed by atoms with Gasteiger partial charge in [-0.05, 0) is 51.2 Å². The molecule has 4 rings (SSSR count). The van der Waals surface area contributed by atoms with Crippen LogP contribution in [0.5, 0.6) is 0 Å². The molecule has 1 saturated heterocycles. The molecule has 1 aliphatic carbocycles. The van der Waals surface area contributed by atoms with Crippen LogP contribution in [0.25, 0.3) is 11.5 Å². The summed E-state index contributed by atoms with van der Waals surface area (Å²) in [6.45, 7) is 6.96. The van der Waals surface area contributed by atoms with Crippen molar-refractivity contribution in [3.8, 4) is 11.5 Å². The maximum absolute atomic E-state index is 11.9. The summed E-state index contributed by atoms with van der Waals surface area (Å²) >= 11 is 0. The number of nitrogens with zero attached hydrogens (tertiary/aromatic N) is 2. The number of oxazole rings is 1. The zero-order valence-electron chi connectivity index (χ0n) is 15.6. The maximum Gasteiger partial charge on any atom is 0.226 e. The Balaban J connectivity index is 1.31. The fourth-order valence-electron chi connectivity index (χ4n) is 3.69. The molecule has 1 aromatic heterocycles. The molecule has 2 aromatic rings. The second kappa shape index (κ2) is 7.23. The minimum absolute atomic E-state index is 0.262. The van der Waals surface area contributed by atoms with Crippen LogP contribution in [0.1, 0.15) is 42.5 Å². The molecule has 0 spiro atoms. The minimum Gasteiger partial charge on any atom is -0.444 e. The highest BCUT2D eigenvalue weighted by molar-refractivity contribution is 5.81. The average Bonchev–Trinajstić information content (AvgIpc) is 3.37. The van der Waals surface area contributed by atoms with Crippen molar-refractivity contribution in [2.45, 2.75) is 52.1 Å². The molecule has 5 heteroatoms. The SMILES string of the molecule is Cc1ccc(-c2nc(CN3CCC(NC(=O)C4CC4)CC3)co2)c(C)c1. The van der Waals surface area contributed by atoms with Crippen LogP contribution in [0.15, 0.2) is 28.9 Å². The van der Waals surface area contributed by atoms with Crippen molar-refractivity contribution in [2.24, 2.45) is 5.92 Å². The van der Waals surface area contributed by atoms with Crippen molar-refractivity contribution >= 4 is 5.91 Å². The number of nitrogens with one attached hydrogen (secondary N) is 1. The van der Waals surface area contributed by atoms with Crippen LogP contribution in [0.3, 0.4) is 0 Å². The third kappa shape index (κ3) is 3.98. The fourth-order valence-corrected chi connectivity index (χ4v) is 3.69. The number of carbonyl (C=O) groups excluding carboxylic acids is 1. The van der Waals surface area contributed by atoms with Crippen LogP contribution in [-0.4, -0.2) is 34.9 Å². The summed E-state index contributed by atoms with van der Waals surface area (Å²) < 4.78 is 5.73. The van der Waals surface area contributed by atoms with Crippen LogP contribution in [0.2, 0.25) is 0 Å². The van der Waals surface area contributed by atoms with E-state index < -0.39 is 0 Å². The molecular weight excluding hydrogens is 326 g/mol. The number of hydrogen-bond donors (Lipinski definition) is 1. The summed E-state index contributed by atoms with van der Waals surface area (Å²) in [5.74, 6) is 1.26. The molecule has 138 valence electrons. The summed E-state index contributed by atoms with van der Waals surface area (Å²) in [6.07, 6.45) is 5.94. The zero-order valence-corrected chi connectivity index (χ0v) is 15.6. The molecule has 0 unspecified atom stereocenters. The minimum atomic E-state index is 0.262. The third-order valence-corrected chi connectivity index (χ3v) is 5.43. The van der Waals surface area contributed by atoms with E-state index in [1.807, 2.05) is 0 Å². The van der Waals surface area contributed by atoms with Gasteiger partial charge in [-0.3, -0.25) is 9.69 Å². The van der Waals surface area contributed by atoms with Crippen molar-refractivity contribution in [1.29, 1.82) is 0 Å². The van der Waals surface area contributed by atoms with Crippen LogP contribution >= 0.6 is 0 Å². The van der Waals surface area contributed by atoms with E-state index in [2.05, 4.69) is 47.2 Å². The third-order valence-electron chi connectivity index (χ3n) is 5.43. The van der Waals surface area contributed by atoms with Gasteiger partial charge in [0.25, 0.3) is 0 Å². The second-order valence-electron chi connectivity index (χ2n) is 7.80. The van der Waals surface area contributed by atoms with E-state index in [4.69, 9.17) is 4.42 Å². The quantitative estimate of drug-likeness (QED) is 0.894. The first-order valence-electron chi connectivity index (χ1n) is 9.63. The van der Waals surface area contributed by atoms with Gasteiger partial charge in [-0.25, -0.2) is 4.98 Å². The Hall–Kier alpha value is -2.14. The van der Waals surface area contributed by atoms with Crippen LogP contribution in [-0.2, 0) is 11.3 Å². The Bertz CT molecular complexity index is 786. The van der Waals surface area contributed by atoms with Crippen LogP contribution in [0.4, 0.5) is 0 Å². The van der Waals surface area contributed by atoms with Crippen LogP contribution in [0, 0.1) is 19.8 Å². The standard InChI is InChI=1S/C21H27N3O2/c1-14-3-6-19(15(2)11-14)21-23-18(13-26-21)12-24-9-7-17(8-10-24)22-20(25)16-4-5-16/h3,6,11,13,16-17H,4-5,7-10,12H2,1-2H3,(H,22,25). The molecular formula is C21H27N3O2. The van der Waals surface area contributed by atoms with Crippen LogP contribution < -0.4 is 5.32 Å². The Morgan fingerprint density at radius 2 is 2.00 bits per heavy atom. The summed E-state index contributed by atoms with van der Waals surface area (Å²) in [4.78, 5) is 19.0. The molecule has 2 aliphatic rings. The van der Waals surface area contributed by atoms with Gasteiger partial charge in [-0.1, -0.05) is 17.7 Å². The van der Waals surface area contributed by atoms with Crippen molar-refractivity contribution in [3.05, 3.63) is 41.3 Å². The summed E-state index contributed by atoms with van der Waals surface area (Å²) in [5.41, 5.74) is 4.46. The first-order chi connectivity index (χ1) is 12.6. The number of likely N-dealkylation sites (tertiary alicyclic amines) is 1. The lowest BCUT2D eigenvalue weighted by molar-refractivity contribution is -0.123. The molecule has 2 fully saturated rings. The lowest BCUT2D eigenvalue weighted by atomic mass is 10.0. The predicted octanol–water partition coefficient (Wildman–Crippen LogP) is 3.45. The molecule has 1 N–H and O–H groups in total. The molecule has 5 nitrogen and oxygen atoms in total. The van der Waals surface area contributed by atoms with Gasteiger partial charge in [-0.15, -0.1) is 0 Å². The molecule has 1 aliphatic heterocycles. The molecule has 2 heterocycles. The number of aryl methyl sites for hydroxylation is 2. The van der Waals surface area contributed by atoms with Crippen molar-refractivity contribution in [2.75, 3.05) is 13.1 Å². The number of rotatable bonds is 5. The Labute approximate surface area is 154 Å². The van der Waals surface area contributed by atoms with Crippen molar-refractivity contribution in [3.63, 3.8) is 0 Å². The molecule has 1 aromatic carbocycles. The van der Waals surface area contributed by atoms with E-state index in [9.17, 15) is 4.79 Å². The van der Waals surface area contributed by atoms with E-state index in [0.29, 0.717) is 17.9 Å². The second-order valence-corrected chi connectivity index (χ2v) is 7.80. The summed E-state index contributed by atoms with van der Waals surface area (Å²) in [5, 5.41) is 3.20. The van der Waals surface area contributed by atoms with E-state index in [1.54, 1.807) is 6.26 Å². The van der Waals surface area contributed by atoms with Crippen molar-refractivity contribution in [1.82, 2.24) is 15.2 Å². The smallest absolute Gasteiger partial charge is 0.226 e. The average molecular weight is 353 g/mol. The molecule has 0 radical (unpaired) electrons. The Morgan fingerprint density at radius 3 is 2.69 bits per heavy atom. The lowest BCUT2D eigenvalue weighted by Crippen LogP contribution is -2.44. The van der Waals surface area contributed by atoms with Gasteiger partial charge < -0.3 is 9.73 Å². The molecule has 26 heavy (non-hydrogen) atoms. The number of carbonyl (C=O) groups is 1. The highest BCUT2D eigenvalue weighted by Gasteiger charge is 2.31. The van der Waals surface area contributed by atoms with Gasteiger partial charge in [0, 0.05) is 37.2 Å². The molecule has 0 bridgehead atoms. The van der Waals surface area contributed by atoms with E-state index in [1.165, 1.54) is 11.1 Å². The number of piperidine rings is 1. The van der Waals surface area contributed by atoms with Gasteiger partial charge in [-0.2, -0.15) is 0 Å². The van der Waals surface area contributed by atoms with Gasteiger partial charge in [0.2, 0.25) is 11.8 Å². The first-order valence-corrected chi connectivity index (χ1v) is 9.63.